The Bertz CT molecular complexity index is 1190. The van der Waals surface area contributed by atoms with Crippen molar-refractivity contribution >= 4 is 39.9 Å². The molecule has 0 aliphatic carbocycles. The number of halogens is 1. The Kier molecular flexibility index (Phi) is 5.75. The van der Waals surface area contributed by atoms with Crippen molar-refractivity contribution < 1.29 is 14.3 Å². The summed E-state index contributed by atoms with van der Waals surface area (Å²) in [7, 11) is 0. The molecule has 3 aromatic rings. The molecule has 2 aromatic carbocycles. The van der Waals surface area contributed by atoms with Crippen molar-refractivity contribution in [2.75, 3.05) is 12.1 Å². The molecule has 0 fully saturated rings. The molecule has 150 valence electrons. The second kappa shape index (κ2) is 8.62. The number of carbonyl (C=O) groups is 1. The third-order valence-electron chi connectivity index (χ3n) is 4.72. The van der Waals surface area contributed by atoms with Crippen LogP contribution in [0.15, 0.2) is 48.5 Å². The molecule has 1 N–H and O–H groups in total. The van der Waals surface area contributed by atoms with Crippen molar-refractivity contribution in [1.29, 1.82) is 5.26 Å². The zero-order chi connectivity index (χ0) is 21.1. The number of nitriles is 1. The lowest BCUT2D eigenvalue weighted by Crippen LogP contribution is -2.07. The number of thiophene rings is 1. The lowest BCUT2D eigenvalue weighted by molar-refractivity contribution is -0.111. The fourth-order valence-electron chi connectivity index (χ4n) is 3.12. The predicted octanol–water partition coefficient (Wildman–Crippen LogP) is 5.55. The van der Waals surface area contributed by atoms with Gasteiger partial charge in [-0.3, -0.25) is 4.79 Å². The largest absolute Gasteiger partial charge is 0.454 e. The fraction of sp³-hybridized carbons (Fsp3) is 0.130. The zero-order valence-electron chi connectivity index (χ0n) is 16.1. The van der Waals surface area contributed by atoms with Gasteiger partial charge < -0.3 is 14.8 Å². The molecular weight excluding hydrogens is 420 g/mol. The monoisotopic (exact) mass is 436 g/mol. The third-order valence-corrected chi connectivity index (χ3v) is 6.27. The van der Waals surface area contributed by atoms with E-state index in [4.69, 9.17) is 21.1 Å². The van der Waals surface area contributed by atoms with Crippen molar-refractivity contribution in [2.45, 2.75) is 13.3 Å². The maximum atomic E-state index is 12.4. The van der Waals surface area contributed by atoms with Crippen LogP contribution >= 0.6 is 22.9 Å². The Morgan fingerprint density at radius 3 is 2.87 bits per heavy atom. The number of benzene rings is 2. The van der Waals surface area contributed by atoms with E-state index in [1.807, 2.05) is 43.3 Å². The normalized spacial score (nSPS) is 12.2. The van der Waals surface area contributed by atoms with Gasteiger partial charge in [-0.1, -0.05) is 35.9 Å². The molecule has 0 saturated heterocycles. The summed E-state index contributed by atoms with van der Waals surface area (Å²) in [5.41, 5.74) is 3.14. The van der Waals surface area contributed by atoms with Crippen LogP contribution in [0.5, 0.6) is 11.5 Å². The van der Waals surface area contributed by atoms with Crippen LogP contribution in [0, 0.1) is 18.3 Å². The summed E-state index contributed by atoms with van der Waals surface area (Å²) in [5, 5.41) is 13.5. The molecule has 1 aliphatic rings. The molecule has 0 saturated carbocycles. The number of ether oxygens (including phenoxy) is 2. The number of amides is 1. The first-order valence-electron chi connectivity index (χ1n) is 9.19. The van der Waals surface area contributed by atoms with E-state index >= 15 is 0 Å². The van der Waals surface area contributed by atoms with Crippen LogP contribution in [0.1, 0.15) is 27.1 Å². The number of fused-ring (bicyclic) bond motifs is 1. The Morgan fingerprint density at radius 2 is 2.07 bits per heavy atom. The Morgan fingerprint density at radius 1 is 1.27 bits per heavy atom. The van der Waals surface area contributed by atoms with E-state index in [1.165, 1.54) is 17.4 Å². The Hall–Kier alpha value is -3.27. The van der Waals surface area contributed by atoms with Gasteiger partial charge in [0.2, 0.25) is 12.7 Å². The number of nitrogens with zero attached hydrogens (tertiary/aromatic N) is 1. The molecule has 4 rings (SSSR count). The highest BCUT2D eigenvalue weighted by Crippen LogP contribution is 2.37. The number of anilines is 1. The second-order valence-corrected chi connectivity index (χ2v) is 8.19. The third kappa shape index (κ3) is 4.18. The standard InChI is InChI=1S/C23H17ClN2O3S/c1-14-17(12-25)23(26-22(27)9-7-16-4-2-3-5-18(16)24)30-21(14)11-15-6-8-19-20(10-15)29-13-28-19/h2-10H,11,13H2,1H3,(H,26,27). The van der Waals surface area contributed by atoms with Crippen LogP contribution in [0.2, 0.25) is 5.02 Å². The lowest BCUT2D eigenvalue weighted by atomic mass is 10.1. The number of nitrogens with one attached hydrogen (secondary N) is 1. The van der Waals surface area contributed by atoms with Crippen molar-refractivity contribution in [3.8, 4) is 17.6 Å². The average Bonchev–Trinajstić information content (AvgIpc) is 3.31. The van der Waals surface area contributed by atoms with Gasteiger partial charge in [0.25, 0.3) is 0 Å². The SMILES string of the molecule is Cc1c(Cc2ccc3c(c2)OCO3)sc(NC(=O)C=Cc2ccccc2Cl)c1C#N. The average molecular weight is 437 g/mol. The first-order valence-corrected chi connectivity index (χ1v) is 10.4. The van der Waals surface area contributed by atoms with Crippen molar-refractivity contribution in [3.05, 3.63) is 80.7 Å². The summed E-state index contributed by atoms with van der Waals surface area (Å²) in [5.74, 6) is 1.14. The minimum atomic E-state index is -0.317. The molecule has 0 bridgehead atoms. The van der Waals surface area contributed by atoms with E-state index in [0.29, 0.717) is 22.0 Å². The van der Waals surface area contributed by atoms with Gasteiger partial charge in [0.05, 0.1) is 5.56 Å². The quantitative estimate of drug-likeness (QED) is 0.532. The molecule has 1 aliphatic heterocycles. The van der Waals surface area contributed by atoms with Crippen molar-refractivity contribution in [3.63, 3.8) is 0 Å². The summed E-state index contributed by atoms with van der Waals surface area (Å²) >= 11 is 7.52. The highest BCUT2D eigenvalue weighted by atomic mass is 35.5. The molecule has 0 spiro atoms. The minimum absolute atomic E-state index is 0.229. The number of carbonyl (C=O) groups excluding carboxylic acids is 1. The topological polar surface area (TPSA) is 71.3 Å². The molecule has 5 nitrogen and oxygen atoms in total. The summed E-state index contributed by atoms with van der Waals surface area (Å²) in [6.45, 7) is 2.12. The van der Waals surface area contributed by atoms with E-state index in [2.05, 4.69) is 11.4 Å². The molecule has 0 unspecified atom stereocenters. The summed E-state index contributed by atoms with van der Waals surface area (Å²) < 4.78 is 10.8. The maximum absolute atomic E-state index is 12.4. The molecule has 1 amide bonds. The van der Waals surface area contributed by atoms with Crippen LogP contribution in [0.3, 0.4) is 0 Å². The van der Waals surface area contributed by atoms with Gasteiger partial charge in [0, 0.05) is 22.4 Å². The van der Waals surface area contributed by atoms with Gasteiger partial charge >= 0.3 is 0 Å². The lowest BCUT2D eigenvalue weighted by Gasteiger charge is -2.02. The number of hydrogen-bond acceptors (Lipinski definition) is 5. The van der Waals surface area contributed by atoms with Crippen LogP contribution in [0.25, 0.3) is 6.08 Å². The van der Waals surface area contributed by atoms with Gasteiger partial charge in [0.15, 0.2) is 11.5 Å². The van der Waals surface area contributed by atoms with E-state index in [-0.39, 0.29) is 12.7 Å². The maximum Gasteiger partial charge on any atom is 0.249 e. The van der Waals surface area contributed by atoms with Crippen LogP contribution in [-0.4, -0.2) is 12.7 Å². The van der Waals surface area contributed by atoms with E-state index in [1.54, 1.807) is 12.1 Å². The van der Waals surface area contributed by atoms with Crippen molar-refractivity contribution in [1.82, 2.24) is 0 Å². The molecule has 7 heteroatoms. The Balaban J connectivity index is 1.52. The van der Waals surface area contributed by atoms with Gasteiger partial charge in [-0.25, -0.2) is 0 Å². The van der Waals surface area contributed by atoms with Gasteiger partial charge in [0.1, 0.15) is 11.1 Å². The molecule has 30 heavy (non-hydrogen) atoms. The first kappa shape index (κ1) is 20.0. The summed E-state index contributed by atoms with van der Waals surface area (Å²) in [6.07, 6.45) is 3.69. The van der Waals surface area contributed by atoms with Gasteiger partial charge in [-0.15, -0.1) is 11.3 Å². The molecule has 0 atom stereocenters. The van der Waals surface area contributed by atoms with E-state index in [9.17, 15) is 10.1 Å². The molecule has 2 heterocycles. The van der Waals surface area contributed by atoms with Crippen molar-refractivity contribution in [2.24, 2.45) is 0 Å². The fourth-order valence-corrected chi connectivity index (χ4v) is 4.51. The number of rotatable bonds is 5. The van der Waals surface area contributed by atoms with Crippen LogP contribution < -0.4 is 14.8 Å². The molecular formula is C23H17ClN2O3S. The van der Waals surface area contributed by atoms with Crippen LogP contribution in [0.4, 0.5) is 5.00 Å². The zero-order valence-corrected chi connectivity index (χ0v) is 17.6. The van der Waals surface area contributed by atoms with Crippen LogP contribution in [-0.2, 0) is 11.2 Å². The van der Waals surface area contributed by atoms with Gasteiger partial charge in [-0.2, -0.15) is 5.26 Å². The predicted molar refractivity (Wildman–Crippen MR) is 118 cm³/mol. The van der Waals surface area contributed by atoms with Gasteiger partial charge in [-0.05, 0) is 47.9 Å². The Labute approximate surface area is 183 Å². The highest BCUT2D eigenvalue weighted by molar-refractivity contribution is 7.16. The first-order chi connectivity index (χ1) is 14.5. The molecule has 0 radical (unpaired) electrons. The molecule has 1 aromatic heterocycles. The van der Waals surface area contributed by atoms with E-state index < -0.39 is 0 Å². The highest BCUT2D eigenvalue weighted by Gasteiger charge is 2.18. The van der Waals surface area contributed by atoms with E-state index in [0.717, 1.165) is 33.1 Å². The number of hydrogen-bond donors (Lipinski definition) is 1. The summed E-state index contributed by atoms with van der Waals surface area (Å²) in [6, 6.07) is 15.3. The minimum Gasteiger partial charge on any atom is -0.454 e. The smallest absolute Gasteiger partial charge is 0.249 e. The second-order valence-electron chi connectivity index (χ2n) is 6.67. The summed E-state index contributed by atoms with van der Waals surface area (Å²) in [4.78, 5) is 13.4.